The Kier molecular flexibility index (Phi) is 7.88. The van der Waals surface area contributed by atoms with Gasteiger partial charge in [-0.2, -0.15) is 4.73 Å². The molecule has 7 heteroatoms. The second kappa shape index (κ2) is 9.90. The predicted molar refractivity (Wildman–Crippen MR) is 103 cm³/mol. The van der Waals surface area contributed by atoms with Crippen LogP contribution in [0.1, 0.15) is 31.2 Å². The van der Waals surface area contributed by atoms with Crippen LogP contribution in [0.5, 0.6) is 0 Å². The summed E-state index contributed by atoms with van der Waals surface area (Å²) in [5.41, 5.74) is 0.987. The molecule has 1 amide bonds. The Balaban J connectivity index is 1.92. The van der Waals surface area contributed by atoms with Crippen molar-refractivity contribution in [1.82, 2.24) is 5.32 Å². The summed E-state index contributed by atoms with van der Waals surface area (Å²) in [6.45, 7) is 2.59. The molecule has 1 heterocycles. The van der Waals surface area contributed by atoms with Gasteiger partial charge in [0.15, 0.2) is 6.20 Å². The molecule has 0 radical (unpaired) electrons. The second-order valence-electron chi connectivity index (χ2n) is 5.61. The van der Waals surface area contributed by atoms with E-state index in [-0.39, 0.29) is 17.6 Å². The van der Waals surface area contributed by atoms with Gasteiger partial charge < -0.3 is 10.5 Å². The number of benzene rings is 1. The standard InChI is InChI=1S/C18H20Cl2N2O2S/c1-2-5-13(15-8-7-14(19)10-16(15)20)11-21-17(23)12-25-18-6-3-4-9-22(18)24/h3-4,6-10,13H,2,5,11-12H2,1H3,(H,21,23)/t13-/m1/s1. The Morgan fingerprint density at radius 1 is 1.32 bits per heavy atom. The number of nitrogens with zero attached hydrogens (tertiary/aromatic N) is 1. The third-order valence-electron chi connectivity index (χ3n) is 3.72. The van der Waals surface area contributed by atoms with E-state index in [0.29, 0.717) is 21.6 Å². The largest absolute Gasteiger partial charge is 0.618 e. The summed E-state index contributed by atoms with van der Waals surface area (Å²) in [6, 6.07) is 10.6. The van der Waals surface area contributed by atoms with Gasteiger partial charge >= 0.3 is 0 Å². The van der Waals surface area contributed by atoms with E-state index in [9.17, 15) is 10.0 Å². The molecule has 0 saturated heterocycles. The number of carbonyl (C=O) groups excluding carboxylic acids is 1. The molecular weight excluding hydrogens is 379 g/mol. The van der Waals surface area contributed by atoms with Gasteiger partial charge in [0.2, 0.25) is 5.91 Å². The van der Waals surface area contributed by atoms with Crippen molar-refractivity contribution in [2.45, 2.75) is 30.7 Å². The summed E-state index contributed by atoms with van der Waals surface area (Å²) in [5, 5.41) is 16.2. The van der Waals surface area contributed by atoms with Gasteiger partial charge in [0, 0.05) is 34.6 Å². The van der Waals surface area contributed by atoms with Crippen molar-refractivity contribution in [3.8, 4) is 0 Å². The van der Waals surface area contributed by atoms with Crippen LogP contribution >= 0.6 is 35.0 Å². The summed E-state index contributed by atoms with van der Waals surface area (Å²) in [6.07, 6.45) is 3.31. The third-order valence-corrected chi connectivity index (χ3v) is 5.31. The number of rotatable bonds is 8. The minimum Gasteiger partial charge on any atom is -0.618 e. The van der Waals surface area contributed by atoms with Gasteiger partial charge in [-0.05, 0) is 41.9 Å². The first-order valence-corrected chi connectivity index (χ1v) is 9.78. The van der Waals surface area contributed by atoms with Gasteiger partial charge in [0.1, 0.15) is 0 Å². The molecule has 2 rings (SSSR count). The molecule has 0 bridgehead atoms. The zero-order chi connectivity index (χ0) is 18.2. The molecule has 2 aromatic rings. The molecule has 1 atom stereocenters. The molecule has 1 N–H and O–H groups in total. The monoisotopic (exact) mass is 398 g/mol. The fourth-order valence-corrected chi connectivity index (χ4v) is 3.81. The lowest BCUT2D eigenvalue weighted by Crippen LogP contribution is -2.32. The topological polar surface area (TPSA) is 56.0 Å². The van der Waals surface area contributed by atoms with Gasteiger partial charge in [-0.25, -0.2) is 0 Å². The van der Waals surface area contributed by atoms with Crippen LogP contribution in [0.2, 0.25) is 10.0 Å². The smallest absolute Gasteiger partial charge is 0.251 e. The van der Waals surface area contributed by atoms with Crippen molar-refractivity contribution in [3.63, 3.8) is 0 Å². The highest BCUT2D eigenvalue weighted by atomic mass is 35.5. The number of carbonyl (C=O) groups is 1. The molecule has 0 aliphatic heterocycles. The molecule has 0 fully saturated rings. The van der Waals surface area contributed by atoms with Crippen LogP contribution < -0.4 is 10.0 Å². The molecule has 0 aliphatic rings. The first-order valence-electron chi connectivity index (χ1n) is 8.04. The predicted octanol–water partition coefficient (Wildman–Crippen LogP) is 4.42. The van der Waals surface area contributed by atoms with Crippen LogP contribution in [-0.2, 0) is 4.79 Å². The third kappa shape index (κ3) is 6.10. The maximum Gasteiger partial charge on any atom is 0.251 e. The lowest BCUT2D eigenvalue weighted by atomic mass is 9.94. The lowest BCUT2D eigenvalue weighted by Gasteiger charge is -2.19. The molecule has 134 valence electrons. The number of hydrogen-bond donors (Lipinski definition) is 1. The van der Waals surface area contributed by atoms with Gasteiger partial charge in [-0.1, -0.05) is 42.6 Å². The Morgan fingerprint density at radius 3 is 2.80 bits per heavy atom. The molecule has 0 unspecified atom stereocenters. The zero-order valence-electron chi connectivity index (χ0n) is 13.9. The number of hydrogen-bond acceptors (Lipinski definition) is 3. The second-order valence-corrected chi connectivity index (χ2v) is 7.45. The average Bonchev–Trinajstić information content (AvgIpc) is 2.58. The van der Waals surface area contributed by atoms with Crippen molar-refractivity contribution >= 4 is 40.9 Å². The maximum absolute atomic E-state index is 12.1. The number of amides is 1. The van der Waals surface area contributed by atoms with Gasteiger partial charge in [-0.3, -0.25) is 4.79 Å². The van der Waals surface area contributed by atoms with E-state index in [2.05, 4.69) is 12.2 Å². The van der Waals surface area contributed by atoms with E-state index >= 15 is 0 Å². The number of halogens is 2. The first kappa shape index (κ1) is 19.9. The molecule has 4 nitrogen and oxygen atoms in total. The fraction of sp³-hybridized carbons (Fsp3) is 0.333. The molecule has 25 heavy (non-hydrogen) atoms. The van der Waals surface area contributed by atoms with Crippen LogP contribution in [0, 0.1) is 5.21 Å². The fourth-order valence-electron chi connectivity index (χ4n) is 2.50. The molecule has 1 aromatic carbocycles. The van der Waals surface area contributed by atoms with Crippen molar-refractivity contribution in [2.24, 2.45) is 0 Å². The van der Waals surface area contributed by atoms with Gasteiger partial charge in [-0.15, -0.1) is 0 Å². The van der Waals surface area contributed by atoms with Crippen LogP contribution in [0.25, 0.3) is 0 Å². The number of aromatic nitrogens is 1. The molecular formula is C18H20Cl2N2O2S. The highest BCUT2D eigenvalue weighted by Crippen LogP contribution is 2.30. The van der Waals surface area contributed by atoms with Crippen LogP contribution in [-0.4, -0.2) is 18.2 Å². The Hall–Kier alpha value is -1.43. The molecule has 0 aliphatic carbocycles. The summed E-state index contributed by atoms with van der Waals surface area (Å²) in [7, 11) is 0. The molecule has 0 spiro atoms. The maximum atomic E-state index is 12.1. The van der Waals surface area contributed by atoms with Crippen molar-refractivity contribution in [2.75, 3.05) is 12.3 Å². The van der Waals surface area contributed by atoms with E-state index in [0.717, 1.165) is 23.1 Å². The molecule has 1 aromatic heterocycles. The highest BCUT2D eigenvalue weighted by Gasteiger charge is 2.16. The lowest BCUT2D eigenvalue weighted by molar-refractivity contribution is -0.645. The normalized spacial score (nSPS) is 12.0. The minimum atomic E-state index is -0.111. The van der Waals surface area contributed by atoms with Crippen LogP contribution in [0.15, 0.2) is 47.6 Å². The first-order chi connectivity index (χ1) is 12.0. The SMILES string of the molecule is CCC[C@H](CNC(=O)CSc1cccc[n+]1[O-])c1ccc(Cl)cc1Cl. The zero-order valence-corrected chi connectivity index (χ0v) is 16.2. The average molecular weight is 399 g/mol. The van der Waals surface area contributed by atoms with Crippen LogP contribution in [0.4, 0.5) is 0 Å². The Bertz CT molecular complexity index is 728. The summed E-state index contributed by atoms with van der Waals surface area (Å²) >= 11 is 13.5. The summed E-state index contributed by atoms with van der Waals surface area (Å²) in [5.74, 6) is 0.212. The number of pyridine rings is 1. The quantitative estimate of drug-likeness (QED) is 0.406. The van der Waals surface area contributed by atoms with Crippen molar-refractivity contribution in [3.05, 3.63) is 63.4 Å². The van der Waals surface area contributed by atoms with Gasteiger partial charge in [0.25, 0.3) is 5.03 Å². The van der Waals surface area contributed by atoms with Crippen LogP contribution in [0.3, 0.4) is 0 Å². The van der Waals surface area contributed by atoms with E-state index in [1.807, 2.05) is 12.1 Å². The Morgan fingerprint density at radius 2 is 2.12 bits per heavy atom. The van der Waals surface area contributed by atoms with E-state index in [4.69, 9.17) is 23.2 Å². The highest BCUT2D eigenvalue weighted by molar-refractivity contribution is 7.99. The summed E-state index contributed by atoms with van der Waals surface area (Å²) in [4.78, 5) is 12.1. The van der Waals surface area contributed by atoms with E-state index < -0.39 is 0 Å². The molecule has 0 saturated carbocycles. The van der Waals surface area contributed by atoms with Crippen molar-refractivity contribution in [1.29, 1.82) is 0 Å². The summed E-state index contributed by atoms with van der Waals surface area (Å²) < 4.78 is 0.755. The van der Waals surface area contributed by atoms with E-state index in [1.165, 1.54) is 18.0 Å². The van der Waals surface area contributed by atoms with Crippen molar-refractivity contribution < 1.29 is 9.52 Å². The number of nitrogens with one attached hydrogen (secondary N) is 1. The minimum absolute atomic E-state index is 0.111. The number of thioether (sulfide) groups is 1. The van der Waals surface area contributed by atoms with E-state index in [1.54, 1.807) is 24.3 Å². The van der Waals surface area contributed by atoms with Gasteiger partial charge in [0.05, 0.1) is 5.75 Å². The Labute approximate surface area is 162 Å².